The lowest BCUT2D eigenvalue weighted by atomic mass is 9.73. The average molecular weight is 397 g/mol. The van der Waals surface area contributed by atoms with E-state index in [2.05, 4.69) is 38.1 Å². The van der Waals surface area contributed by atoms with E-state index in [0.29, 0.717) is 5.92 Å². The predicted octanol–water partition coefficient (Wildman–Crippen LogP) is 6.82. The quantitative estimate of drug-likeness (QED) is 0.498. The van der Waals surface area contributed by atoms with Gasteiger partial charge in [0.1, 0.15) is 11.4 Å². The van der Waals surface area contributed by atoms with Crippen molar-refractivity contribution in [2.45, 2.75) is 78.2 Å². The first-order chi connectivity index (χ1) is 13.5. The number of phenolic OH excluding ortho intramolecular Hbond substituents is 1. The third-order valence-corrected chi connectivity index (χ3v) is 5.74. The fourth-order valence-corrected chi connectivity index (χ4v) is 3.75. The average Bonchev–Trinajstić information content (AvgIpc) is 2.67. The Balaban J connectivity index is 2.28. The molecule has 0 aliphatic heterocycles. The Labute approximate surface area is 176 Å². The smallest absolute Gasteiger partial charge is 0.312 e. The van der Waals surface area contributed by atoms with Gasteiger partial charge >= 0.3 is 5.97 Å². The van der Waals surface area contributed by atoms with Crippen molar-refractivity contribution in [1.82, 2.24) is 0 Å². The second kappa shape index (κ2) is 9.47. The predicted molar refractivity (Wildman–Crippen MR) is 119 cm³/mol. The number of aromatic hydroxyl groups is 1. The van der Waals surface area contributed by atoms with Crippen LogP contribution in [0.25, 0.3) is 0 Å². The van der Waals surface area contributed by atoms with E-state index in [9.17, 15) is 9.90 Å². The van der Waals surface area contributed by atoms with E-state index in [4.69, 9.17) is 4.74 Å². The molecule has 3 heteroatoms. The van der Waals surface area contributed by atoms with Crippen molar-refractivity contribution >= 4 is 5.97 Å². The van der Waals surface area contributed by atoms with Gasteiger partial charge in [0.25, 0.3) is 0 Å². The molecule has 29 heavy (non-hydrogen) atoms. The Kier molecular flexibility index (Phi) is 7.51. The molecule has 2 aromatic carbocycles. The topological polar surface area (TPSA) is 46.5 Å². The first-order valence-corrected chi connectivity index (χ1v) is 10.6. The lowest BCUT2D eigenvalue weighted by Crippen LogP contribution is -2.36. The monoisotopic (exact) mass is 396 g/mol. The number of hydrogen-bond donors (Lipinski definition) is 1. The maximum atomic E-state index is 13.0. The molecule has 3 atom stereocenters. The van der Waals surface area contributed by atoms with Gasteiger partial charge in [0.2, 0.25) is 0 Å². The standard InChI is InChI=1S/C26H36O3/c1-7-26(6,24(28)29-25(3,4)5)18-22(21-11-9-8-10-12-21)17-19(2)20-13-15-23(27)16-14-20/h8-16,19,22,27H,7,17-18H2,1-6H3. The van der Waals surface area contributed by atoms with Gasteiger partial charge in [-0.3, -0.25) is 4.79 Å². The van der Waals surface area contributed by atoms with Crippen molar-refractivity contribution in [2.75, 3.05) is 0 Å². The van der Waals surface area contributed by atoms with Crippen LogP contribution in [-0.2, 0) is 9.53 Å². The number of carbonyl (C=O) groups is 1. The Morgan fingerprint density at radius 1 is 0.966 bits per heavy atom. The summed E-state index contributed by atoms with van der Waals surface area (Å²) in [5.74, 6) is 0.702. The number of esters is 1. The van der Waals surface area contributed by atoms with E-state index in [-0.39, 0.29) is 17.6 Å². The summed E-state index contributed by atoms with van der Waals surface area (Å²) in [7, 11) is 0. The molecule has 0 saturated heterocycles. The van der Waals surface area contributed by atoms with Crippen molar-refractivity contribution < 1.29 is 14.6 Å². The molecule has 0 spiro atoms. The van der Waals surface area contributed by atoms with Crippen LogP contribution in [0.4, 0.5) is 0 Å². The van der Waals surface area contributed by atoms with Crippen LogP contribution < -0.4 is 0 Å². The van der Waals surface area contributed by atoms with Gasteiger partial charge in [-0.2, -0.15) is 0 Å². The summed E-state index contributed by atoms with van der Waals surface area (Å²) < 4.78 is 5.77. The zero-order valence-corrected chi connectivity index (χ0v) is 18.7. The van der Waals surface area contributed by atoms with Crippen LogP contribution in [0, 0.1) is 5.41 Å². The van der Waals surface area contributed by atoms with Crippen LogP contribution in [0.5, 0.6) is 5.75 Å². The van der Waals surface area contributed by atoms with Gasteiger partial charge in [0, 0.05) is 0 Å². The molecule has 2 rings (SSSR count). The van der Waals surface area contributed by atoms with Gasteiger partial charge in [-0.25, -0.2) is 0 Å². The van der Waals surface area contributed by atoms with E-state index >= 15 is 0 Å². The number of hydrogen-bond acceptors (Lipinski definition) is 3. The molecule has 0 amide bonds. The van der Waals surface area contributed by atoms with Gasteiger partial charge in [-0.15, -0.1) is 0 Å². The summed E-state index contributed by atoms with van der Waals surface area (Å²) in [6.07, 6.45) is 2.40. The molecule has 0 fully saturated rings. The number of rotatable bonds is 8. The van der Waals surface area contributed by atoms with Crippen LogP contribution >= 0.6 is 0 Å². The molecule has 2 aromatic rings. The SMILES string of the molecule is CCC(C)(CC(CC(C)c1ccc(O)cc1)c1ccccc1)C(=O)OC(C)(C)C. The lowest BCUT2D eigenvalue weighted by molar-refractivity contribution is -0.167. The van der Waals surface area contributed by atoms with Gasteiger partial charge < -0.3 is 9.84 Å². The number of carbonyl (C=O) groups excluding carboxylic acids is 1. The molecular formula is C26H36O3. The molecule has 3 nitrogen and oxygen atoms in total. The molecule has 158 valence electrons. The highest BCUT2D eigenvalue weighted by Gasteiger charge is 2.38. The minimum atomic E-state index is -0.539. The Bertz CT molecular complexity index is 774. The highest BCUT2D eigenvalue weighted by molar-refractivity contribution is 5.76. The zero-order chi connectivity index (χ0) is 21.7. The molecule has 0 aliphatic rings. The first-order valence-electron chi connectivity index (χ1n) is 10.6. The van der Waals surface area contributed by atoms with E-state index in [1.807, 2.05) is 45.9 Å². The minimum absolute atomic E-state index is 0.120. The summed E-state index contributed by atoms with van der Waals surface area (Å²) in [5.41, 5.74) is 1.41. The van der Waals surface area contributed by atoms with Gasteiger partial charge in [-0.1, -0.05) is 56.3 Å². The molecule has 0 radical (unpaired) electrons. The summed E-state index contributed by atoms with van der Waals surface area (Å²) >= 11 is 0. The molecule has 0 saturated carbocycles. The number of phenols is 1. The Morgan fingerprint density at radius 3 is 2.07 bits per heavy atom. The summed E-state index contributed by atoms with van der Waals surface area (Å²) in [5, 5.41) is 9.59. The summed E-state index contributed by atoms with van der Waals surface area (Å²) in [6.45, 7) is 12.1. The third kappa shape index (κ3) is 6.62. The molecule has 0 aliphatic carbocycles. The molecular weight excluding hydrogens is 360 g/mol. The van der Waals surface area contributed by atoms with Crippen LogP contribution in [0.2, 0.25) is 0 Å². The summed E-state index contributed by atoms with van der Waals surface area (Å²) in [6, 6.07) is 17.9. The minimum Gasteiger partial charge on any atom is -0.508 e. The highest BCUT2D eigenvalue weighted by atomic mass is 16.6. The van der Waals surface area contributed by atoms with Crippen LogP contribution in [0.15, 0.2) is 54.6 Å². The number of ether oxygens (including phenoxy) is 1. The molecule has 1 N–H and O–H groups in total. The number of benzene rings is 2. The molecule has 0 bridgehead atoms. The second-order valence-electron chi connectivity index (χ2n) is 9.46. The van der Waals surface area contributed by atoms with Crippen molar-refractivity contribution in [3.63, 3.8) is 0 Å². The van der Waals surface area contributed by atoms with E-state index in [1.54, 1.807) is 12.1 Å². The molecule has 0 heterocycles. The molecule has 0 aromatic heterocycles. The van der Waals surface area contributed by atoms with E-state index in [1.165, 1.54) is 11.1 Å². The van der Waals surface area contributed by atoms with Crippen molar-refractivity contribution in [3.05, 3.63) is 65.7 Å². The fourth-order valence-electron chi connectivity index (χ4n) is 3.75. The van der Waals surface area contributed by atoms with Crippen LogP contribution in [0.1, 0.15) is 83.8 Å². The van der Waals surface area contributed by atoms with Gasteiger partial charge in [-0.05, 0) is 82.1 Å². The van der Waals surface area contributed by atoms with E-state index in [0.717, 1.165) is 19.3 Å². The summed E-state index contributed by atoms with van der Waals surface area (Å²) in [4.78, 5) is 13.0. The third-order valence-electron chi connectivity index (χ3n) is 5.74. The lowest BCUT2D eigenvalue weighted by Gasteiger charge is -2.34. The fraction of sp³-hybridized carbons (Fsp3) is 0.500. The highest BCUT2D eigenvalue weighted by Crippen LogP contribution is 2.41. The van der Waals surface area contributed by atoms with E-state index < -0.39 is 11.0 Å². The van der Waals surface area contributed by atoms with Crippen molar-refractivity contribution in [1.29, 1.82) is 0 Å². The normalized spacial score (nSPS) is 15.9. The van der Waals surface area contributed by atoms with Crippen LogP contribution in [-0.4, -0.2) is 16.7 Å². The zero-order valence-electron chi connectivity index (χ0n) is 18.7. The largest absolute Gasteiger partial charge is 0.508 e. The van der Waals surface area contributed by atoms with Gasteiger partial charge in [0.15, 0.2) is 0 Å². The Hall–Kier alpha value is -2.29. The Morgan fingerprint density at radius 2 is 1.55 bits per heavy atom. The van der Waals surface area contributed by atoms with Crippen molar-refractivity contribution in [3.8, 4) is 5.75 Å². The molecule has 3 unspecified atom stereocenters. The van der Waals surface area contributed by atoms with Gasteiger partial charge in [0.05, 0.1) is 5.41 Å². The second-order valence-corrected chi connectivity index (χ2v) is 9.46. The first kappa shape index (κ1) is 23.0. The van der Waals surface area contributed by atoms with Crippen LogP contribution in [0.3, 0.4) is 0 Å². The maximum absolute atomic E-state index is 13.0. The van der Waals surface area contributed by atoms with Crippen molar-refractivity contribution in [2.24, 2.45) is 5.41 Å². The maximum Gasteiger partial charge on any atom is 0.312 e.